The van der Waals surface area contributed by atoms with Crippen LogP contribution in [0.2, 0.25) is 0 Å². The second-order valence-electron chi connectivity index (χ2n) is 11.4. The van der Waals surface area contributed by atoms with Crippen LogP contribution in [-0.2, 0) is 0 Å². The van der Waals surface area contributed by atoms with Crippen molar-refractivity contribution in [3.63, 3.8) is 0 Å². The van der Waals surface area contributed by atoms with Crippen LogP contribution < -0.4 is 15.5 Å². The second-order valence-corrected chi connectivity index (χ2v) is 11.4. The van der Waals surface area contributed by atoms with Gasteiger partial charge in [-0.3, -0.25) is 0 Å². The average Bonchev–Trinajstić information content (AvgIpc) is 3.39. The molecule has 0 atom stereocenters. The first-order valence-corrected chi connectivity index (χ1v) is 15.0. The van der Waals surface area contributed by atoms with Gasteiger partial charge < -0.3 is 15.5 Å². The predicted molar refractivity (Wildman–Crippen MR) is 187 cm³/mol. The third-order valence-electron chi connectivity index (χ3n) is 8.57. The van der Waals surface area contributed by atoms with E-state index in [0.717, 1.165) is 39.8 Å². The molecule has 1 aliphatic carbocycles. The van der Waals surface area contributed by atoms with Crippen LogP contribution >= 0.6 is 0 Å². The van der Waals surface area contributed by atoms with E-state index in [0.29, 0.717) is 0 Å². The molecule has 0 spiro atoms. The maximum Gasteiger partial charge on any atom is 0.0540 e. The van der Waals surface area contributed by atoms with Crippen molar-refractivity contribution in [3.05, 3.63) is 163 Å². The zero-order valence-corrected chi connectivity index (χ0v) is 24.5. The minimum atomic E-state index is 0.753. The molecule has 7 aromatic rings. The van der Waals surface area contributed by atoms with Gasteiger partial charge in [-0.1, -0.05) is 84.4 Å². The van der Waals surface area contributed by atoms with Gasteiger partial charge in [0, 0.05) is 39.5 Å². The molecule has 210 valence electrons. The first-order chi connectivity index (χ1) is 21.7. The third kappa shape index (κ3) is 4.29. The minimum Gasteiger partial charge on any atom is -0.399 e. The van der Waals surface area contributed by atoms with Crippen LogP contribution in [0.25, 0.3) is 33.0 Å². The number of fused-ring (bicyclic) bond motifs is 3. The van der Waals surface area contributed by atoms with Gasteiger partial charge >= 0.3 is 0 Å². The summed E-state index contributed by atoms with van der Waals surface area (Å²) in [6.07, 6.45) is 0. The topological polar surface area (TPSA) is 32.5 Å². The minimum absolute atomic E-state index is 0.753. The van der Waals surface area contributed by atoms with E-state index in [9.17, 15) is 0 Å². The molecule has 0 heterocycles. The van der Waals surface area contributed by atoms with Crippen LogP contribution in [-0.4, -0.2) is 0 Å². The monoisotopic (exact) mass is 565 g/mol. The number of nitrogen functional groups attached to an aromatic ring is 1. The Bertz CT molecular complexity index is 2120. The summed E-state index contributed by atoms with van der Waals surface area (Å²) in [5.74, 6) is 0. The molecule has 0 saturated carbocycles. The normalized spacial score (nSPS) is 11.4. The van der Waals surface area contributed by atoms with E-state index < -0.39 is 0 Å². The Morgan fingerprint density at radius 2 is 0.955 bits per heavy atom. The molecule has 0 amide bonds. The van der Waals surface area contributed by atoms with Crippen molar-refractivity contribution in [2.24, 2.45) is 0 Å². The molecular weight excluding hydrogens is 534 g/mol. The Balaban J connectivity index is 1.30. The lowest BCUT2D eigenvalue weighted by atomic mass is 10.00. The number of nitrogens with two attached hydrogens (primary N) is 1. The van der Waals surface area contributed by atoms with Gasteiger partial charge in [-0.15, -0.1) is 0 Å². The number of aryl methyl sites for hydroxylation is 1. The van der Waals surface area contributed by atoms with E-state index in [1.54, 1.807) is 0 Å². The molecule has 8 rings (SSSR count). The molecule has 3 heteroatoms. The highest BCUT2D eigenvalue weighted by molar-refractivity contribution is 6.19. The summed E-state index contributed by atoms with van der Waals surface area (Å²) in [7, 11) is 0. The van der Waals surface area contributed by atoms with Gasteiger partial charge in [-0.2, -0.15) is 0 Å². The van der Waals surface area contributed by atoms with Crippen molar-refractivity contribution >= 4 is 50.6 Å². The van der Waals surface area contributed by atoms with E-state index in [4.69, 9.17) is 5.73 Å². The van der Waals surface area contributed by atoms with Crippen molar-refractivity contribution in [2.75, 3.05) is 15.5 Å². The van der Waals surface area contributed by atoms with Crippen molar-refractivity contribution in [1.82, 2.24) is 0 Å². The van der Waals surface area contributed by atoms with Crippen molar-refractivity contribution in [3.8, 4) is 22.3 Å². The average molecular weight is 566 g/mol. The molecule has 2 N–H and O–H groups in total. The lowest BCUT2D eigenvalue weighted by molar-refractivity contribution is 1.28. The van der Waals surface area contributed by atoms with Gasteiger partial charge in [0.2, 0.25) is 0 Å². The fourth-order valence-corrected chi connectivity index (χ4v) is 6.51. The first-order valence-electron chi connectivity index (χ1n) is 15.0. The van der Waals surface area contributed by atoms with E-state index in [2.05, 4.69) is 162 Å². The summed E-state index contributed by atoms with van der Waals surface area (Å²) >= 11 is 0. The Hall–Kier alpha value is -5.80. The highest BCUT2D eigenvalue weighted by Crippen LogP contribution is 2.52. The third-order valence-corrected chi connectivity index (χ3v) is 8.57. The molecule has 44 heavy (non-hydrogen) atoms. The second kappa shape index (κ2) is 10.5. The molecule has 0 radical (unpaired) electrons. The van der Waals surface area contributed by atoms with Crippen LogP contribution in [0.5, 0.6) is 0 Å². The quantitative estimate of drug-likeness (QED) is 0.204. The van der Waals surface area contributed by atoms with Gasteiger partial charge in [0.15, 0.2) is 0 Å². The van der Waals surface area contributed by atoms with Gasteiger partial charge in [-0.25, -0.2) is 0 Å². The fraction of sp³-hybridized carbons (Fsp3) is 0.0244. The molecule has 0 aromatic heterocycles. The Morgan fingerprint density at radius 3 is 1.66 bits per heavy atom. The zero-order valence-electron chi connectivity index (χ0n) is 24.5. The SMILES string of the molecule is Cc1ccc(N(c2ccccc2)c2ccc3c(c2)-c2cccc4c(N(c5ccccc5)c5ccc(N)cc5)ccc-3c24)cc1. The van der Waals surface area contributed by atoms with Crippen molar-refractivity contribution in [1.29, 1.82) is 0 Å². The summed E-state index contributed by atoms with van der Waals surface area (Å²) in [6.45, 7) is 2.13. The largest absolute Gasteiger partial charge is 0.399 e. The first kappa shape index (κ1) is 25.9. The highest BCUT2D eigenvalue weighted by Gasteiger charge is 2.26. The number of rotatable bonds is 6. The van der Waals surface area contributed by atoms with Crippen LogP contribution in [0.15, 0.2) is 158 Å². The van der Waals surface area contributed by atoms with Crippen molar-refractivity contribution in [2.45, 2.75) is 6.92 Å². The number of benzene rings is 7. The Morgan fingerprint density at radius 1 is 0.409 bits per heavy atom. The molecule has 3 nitrogen and oxygen atoms in total. The van der Waals surface area contributed by atoms with Gasteiger partial charge in [-0.05, 0) is 113 Å². The van der Waals surface area contributed by atoms with E-state index >= 15 is 0 Å². The van der Waals surface area contributed by atoms with Gasteiger partial charge in [0.05, 0.1) is 5.69 Å². The van der Waals surface area contributed by atoms with Crippen LogP contribution in [0.1, 0.15) is 5.56 Å². The number of anilines is 7. The maximum absolute atomic E-state index is 6.08. The molecular formula is C41H31N3. The molecule has 0 bridgehead atoms. The Labute approximate surface area is 258 Å². The molecule has 7 aromatic carbocycles. The number of hydrogen-bond acceptors (Lipinski definition) is 3. The van der Waals surface area contributed by atoms with Gasteiger partial charge in [0.1, 0.15) is 0 Å². The standard InChI is InChI=1S/C41H31N3/c1-28-15-19-32(20-16-28)43(30-9-4-2-5-10-30)34-23-24-35-37-25-26-40(38-14-8-13-36(41(37)38)39(35)27-34)44(31-11-6-3-7-12-31)33-21-17-29(42)18-22-33/h2-27H,42H2,1H3. The predicted octanol–water partition coefficient (Wildman–Crippen LogP) is 11.3. The number of hydrogen-bond donors (Lipinski definition) is 1. The summed E-state index contributed by atoms with van der Waals surface area (Å²) in [5, 5.41) is 2.51. The van der Waals surface area contributed by atoms with E-state index in [1.807, 2.05) is 12.1 Å². The fourth-order valence-electron chi connectivity index (χ4n) is 6.51. The maximum atomic E-state index is 6.08. The summed E-state index contributed by atoms with van der Waals surface area (Å²) in [4.78, 5) is 4.66. The molecule has 0 aliphatic heterocycles. The van der Waals surface area contributed by atoms with Crippen molar-refractivity contribution < 1.29 is 0 Å². The summed E-state index contributed by atoms with van der Waals surface area (Å²) < 4.78 is 0. The van der Waals surface area contributed by atoms with Crippen LogP contribution in [0.4, 0.5) is 39.8 Å². The summed E-state index contributed by atoms with van der Waals surface area (Å²) in [5.41, 5.74) is 19.9. The molecule has 0 saturated heterocycles. The lowest BCUT2D eigenvalue weighted by Crippen LogP contribution is -2.10. The number of nitrogens with zero attached hydrogens (tertiary/aromatic N) is 2. The molecule has 1 aliphatic rings. The van der Waals surface area contributed by atoms with E-state index in [-0.39, 0.29) is 0 Å². The summed E-state index contributed by atoms with van der Waals surface area (Å²) in [6, 6.07) is 56.2. The lowest BCUT2D eigenvalue weighted by Gasteiger charge is -2.27. The number of para-hydroxylation sites is 2. The Kier molecular flexibility index (Phi) is 6.16. The van der Waals surface area contributed by atoms with Crippen LogP contribution in [0.3, 0.4) is 0 Å². The van der Waals surface area contributed by atoms with E-state index in [1.165, 1.54) is 38.6 Å². The van der Waals surface area contributed by atoms with Gasteiger partial charge in [0.25, 0.3) is 0 Å². The molecule has 0 fully saturated rings. The zero-order chi connectivity index (χ0) is 29.6. The smallest absolute Gasteiger partial charge is 0.0540 e. The highest BCUT2D eigenvalue weighted by atomic mass is 15.1. The van der Waals surface area contributed by atoms with Crippen LogP contribution in [0, 0.1) is 6.92 Å². The molecule has 0 unspecified atom stereocenters.